The molecule has 0 amide bonds. The van der Waals surface area contributed by atoms with Gasteiger partial charge in [-0.3, -0.25) is 9.59 Å². The lowest BCUT2D eigenvalue weighted by Crippen LogP contribution is -1.99. The molecule has 2 heteroatoms. The molecule has 0 radical (unpaired) electrons. The lowest BCUT2D eigenvalue weighted by molar-refractivity contribution is 0.111. The number of carbonyl (C=O) groups excluding carboxylic acids is 2. The summed E-state index contributed by atoms with van der Waals surface area (Å²) >= 11 is 0. The first-order valence-corrected chi connectivity index (χ1v) is 5.04. The van der Waals surface area contributed by atoms with Gasteiger partial charge in [-0.15, -0.1) is 0 Å². The van der Waals surface area contributed by atoms with Crippen molar-refractivity contribution in [1.82, 2.24) is 0 Å². The number of aldehydes is 2. The average molecular weight is 208 g/mol. The molecule has 0 atom stereocenters. The molecule has 0 aliphatic heterocycles. The quantitative estimate of drug-likeness (QED) is 0.605. The summed E-state index contributed by atoms with van der Waals surface area (Å²) in [6.45, 7) is 0. The fraction of sp³-hybridized carbons (Fsp3) is 0. The molecule has 0 unspecified atom stereocenters. The van der Waals surface area contributed by atoms with Crippen molar-refractivity contribution in [3.8, 4) is 0 Å². The van der Waals surface area contributed by atoms with Crippen molar-refractivity contribution in [2.75, 3.05) is 0 Å². The molecule has 3 rings (SSSR count). The van der Waals surface area contributed by atoms with E-state index in [-0.39, 0.29) is 0 Å². The van der Waals surface area contributed by atoms with Crippen LogP contribution in [0, 0.1) is 20.9 Å². The monoisotopic (exact) mass is 208 g/mol. The van der Waals surface area contributed by atoms with Gasteiger partial charge in [0.1, 0.15) is 0 Å². The van der Waals surface area contributed by atoms with Gasteiger partial charge in [0.2, 0.25) is 0 Å². The van der Waals surface area contributed by atoms with Gasteiger partial charge in [-0.2, -0.15) is 0 Å². The van der Waals surface area contributed by atoms with Crippen LogP contribution in [0.2, 0.25) is 0 Å². The van der Waals surface area contributed by atoms with Crippen molar-refractivity contribution >= 4 is 12.6 Å². The average Bonchev–Trinajstić information content (AvgIpc) is 2.34. The minimum Gasteiger partial charge on any atom is -0.298 e. The number of rotatable bonds is 2. The van der Waals surface area contributed by atoms with E-state index in [1.165, 1.54) is 0 Å². The summed E-state index contributed by atoms with van der Waals surface area (Å²) in [6.07, 6.45) is 1.67. The number of hydrogen-bond donors (Lipinski definition) is 0. The molecule has 76 valence electrons. The summed E-state index contributed by atoms with van der Waals surface area (Å²) in [5.41, 5.74) is 1.30. The second-order valence-electron chi connectivity index (χ2n) is 3.78. The minimum absolute atomic E-state index is 0.652. The van der Waals surface area contributed by atoms with Gasteiger partial charge >= 0.3 is 0 Å². The van der Waals surface area contributed by atoms with Gasteiger partial charge < -0.3 is 0 Å². The van der Waals surface area contributed by atoms with Crippen LogP contribution in [0.25, 0.3) is 0 Å². The second kappa shape index (κ2) is 3.14. The topological polar surface area (TPSA) is 34.1 Å². The zero-order valence-corrected chi connectivity index (χ0v) is 8.44. The van der Waals surface area contributed by atoms with Gasteiger partial charge in [0, 0.05) is 21.6 Å². The van der Waals surface area contributed by atoms with Gasteiger partial charge in [-0.25, -0.2) is 0 Å². The highest BCUT2D eigenvalue weighted by Crippen LogP contribution is 2.17. The molecule has 0 bridgehead atoms. The minimum atomic E-state index is 0.652. The number of carbonyl (C=O) groups is 2. The molecule has 2 aromatic carbocycles. The van der Waals surface area contributed by atoms with E-state index in [4.69, 9.17) is 0 Å². The van der Waals surface area contributed by atoms with E-state index in [1.54, 1.807) is 12.1 Å². The summed E-state index contributed by atoms with van der Waals surface area (Å²) in [5, 5.41) is 3.94. The molecule has 0 heterocycles. The normalized spacial score (nSPS) is 11.0. The van der Waals surface area contributed by atoms with Crippen LogP contribution in [0.4, 0.5) is 0 Å². The molecule has 0 fully saturated rings. The van der Waals surface area contributed by atoms with Crippen LogP contribution in [0.15, 0.2) is 36.4 Å². The van der Waals surface area contributed by atoms with E-state index in [1.807, 2.05) is 24.3 Å². The first-order chi connectivity index (χ1) is 7.86. The second-order valence-corrected chi connectivity index (χ2v) is 3.78. The Morgan fingerprint density at radius 1 is 0.688 bits per heavy atom. The van der Waals surface area contributed by atoms with Crippen LogP contribution in [0.1, 0.15) is 20.7 Å². The summed E-state index contributed by atoms with van der Waals surface area (Å²) in [7, 11) is 0. The summed E-state index contributed by atoms with van der Waals surface area (Å²) in [4.78, 5) is 21.9. The van der Waals surface area contributed by atoms with Crippen LogP contribution < -0.4 is 0 Å². The number of benzene rings is 2. The highest BCUT2D eigenvalue weighted by molar-refractivity contribution is 5.79. The maximum atomic E-state index is 10.9. The molecule has 0 aromatic heterocycles. The number of hydrogen-bond acceptors (Lipinski definition) is 2. The van der Waals surface area contributed by atoms with E-state index in [0.29, 0.717) is 11.1 Å². The third-order valence-electron chi connectivity index (χ3n) is 2.99. The standard InChI is InChI=1S/C14H8O2/c15-7-9-3-1-5-11-12-6-2-4-10(8-16)14(12)13(9)11/h1-8H. The van der Waals surface area contributed by atoms with Gasteiger partial charge in [0.05, 0.1) is 0 Å². The highest BCUT2D eigenvalue weighted by atomic mass is 16.1. The van der Waals surface area contributed by atoms with Crippen LogP contribution in [0.3, 0.4) is 0 Å². The van der Waals surface area contributed by atoms with Crippen molar-refractivity contribution in [3.05, 3.63) is 68.4 Å². The predicted octanol–water partition coefficient (Wildman–Crippen LogP) is 2.20. The Bertz CT molecular complexity index is 721. The predicted molar refractivity (Wildman–Crippen MR) is 59.0 cm³/mol. The Kier molecular flexibility index (Phi) is 1.77. The van der Waals surface area contributed by atoms with Gasteiger partial charge in [0.15, 0.2) is 12.6 Å². The Hall–Kier alpha value is -2.22. The zero-order chi connectivity index (χ0) is 11.1. The molecular formula is C14H8O2. The van der Waals surface area contributed by atoms with Crippen molar-refractivity contribution in [3.63, 3.8) is 0 Å². The Labute approximate surface area is 91.2 Å². The van der Waals surface area contributed by atoms with E-state index < -0.39 is 0 Å². The molecule has 2 nitrogen and oxygen atoms in total. The van der Waals surface area contributed by atoms with Crippen LogP contribution in [-0.2, 0) is 0 Å². The first kappa shape index (κ1) is 9.04. The lowest BCUT2D eigenvalue weighted by atomic mass is 9.95. The highest BCUT2D eigenvalue weighted by Gasteiger charge is 2.08. The Morgan fingerprint density at radius 2 is 1.12 bits per heavy atom. The fourth-order valence-corrected chi connectivity index (χ4v) is 2.28. The molecule has 0 spiro atoms. The summed E-state index contributed by atoms with van der Waals surface area (Å²) in [5.74, 6) is 0. The fourth-order valence-electron chi connectivity index (χ4n) is 2.28. The molecule has 0 N–H and O–H groups in total. The van der Waals surface area contributed by atoms with Crippen molar-refractivity contribution in [1.29, 1.82) is 0 Å². The van der Waals surface area contributed by atoms with E-state index in [2.05, 4.69) is 0 Å². The van der Waals surface area contributed by atoms with E-state index in [9.17, 15) is 9.59 Å². The zero-order valence-electron chi connectivity index (χ0n) is 8.44. The third-order valence-corrected chi connectivity index (χ3v) is 2.99. The first-order valence-electron chi connectivity index (χ1n) is 5.04. The van der Waals surface area contributed by atoms with Crippen molar-refractivity contribution < 1.29 is 9.59 Å². The van der Waals surface area contributed by atoms with Crippen LogP contribution in [0.5, 0.6) is 0 Å². The van der Waals surface area contributed by atoms with Crippen molar-refractivity contribution in [2.45, 2.75) is 0 Å². The summed E-state index contributed by atoms with van der Waals surface area (Å²) < 4.78 is 0. The van der Waals surface area contributed by atoms with Gasteiger partial charge in [0.25, 0.3) is 0 Å². The molecule has 2 aromatic rings. The third kappa shape index (κ3) is 0.959. The molecule has 16 heavy (non-hydrogen) atoms. The molecule has 1 aliphatic carbocycles. The van der Waals surface area contributed by atoms with Gasteiger partial charge in [-0.1, -0.05) is 36.4 Å². The van der Waals surface area contributed by atoms with Gasteiger partial charge in [-0.05, 0) is 10.4 Å². The molecular weight excluding hydrogens is 200 g/mol. The maximum absolute atomic E-state index is 10.9. The van der Waals surface area contributed by atoms with E-state index in [0.717, 1.165) is 33.4 Å². The Balaban J connectivity index is 2.66. The van der Waals surface area contributed by atoms with E-state index >= 15 is 0 Å². The lowest BCUT2D eigenvalue weighted by Gasteiger charge is -2.08. The van der Waals surface area contributed by atoms with Crippen LogP contribution in [-0.4, -0.2) is 12.6 Å². The Morgan fingerprint density at radius 3 is 1.50 bits per heavy atom. The maximum Gasteiger partial charge on any atom is 0.150 e. The van der Waals surface area contributed by atoms with Crippen LogP contribution >= 0.6 is 0 Å². The van der Waals surface area contributed by atoms with Crippen molar-refractivity contribution in [2.24, 2.45) is 0 Å². The largest absolute Gasteiger partial charge is 0.298 e. The summed E-state index contributed by atoms with van der Waals surface area (Å²) in [6, 6.07) is 11.2. The SMILES string of the molecule is O=Cc1cccc2c1=c1c(C=O)cccc1=2. The molecule has 1 aliphatic rings. The molecule has 0 saturated heterocycles. The molecule has 0 saturated carbocycles. The smallest absolute Gasteiger partial charge is 0.150 e. The number of fused-ring (bicyclic) bond motifs is 2.